The van der Waals surface area contributed by atoms with Crippen LogP contribution in [0.5, 0.6) is 11.5 Å². The molecule has 0 bridgehead atoms. The number of benzene rings is 2. The Morgan fingerprint density at radius 3 is 2.54 bits per heavy atom. The molecule has 2 amide bonds. The number of aliphatic hydroxyl groups is 3. The van der Waals surface area contributed by atoms with Gasteiger partial charge in [0.2, 0.25) is 11.8 Å². The van der Waals surface area contributed by atoms with Gasteiger partial charge in [-0.3, -0.25) is 9.59 Å². The van der Waals surface area contributed by atoms with Gasteiger partial charge in [-0.1, -0.05) is 30.3 Å². The predicted molar refractivity (Wildman–Crippen MR) is 152 cm³/mol. The summed E-state index contributed by atoms with van der Waals surface area (Å²) in [7, 11) is 1.47. The van der Waals surface area contributed by atoms with Crippen LogP contribution >= 0.6 is 22.6 Å². The van der Waals surface area contributed by atoms with Crippen molar-refractivity contribution < 1.29 is 39.1 Å². The number of amides is 2. The first-order valence-electron chi connectivity index (χ1n) is 12.7. The van der Waals surface area contributed by atoms with Gasteiger partial charge in [-0.25, -0.2) is 0 Å². The smallest absolute Gasteiger partial charge is 0.249 e. The Hall–Kier alpha value is -2.71. The van der Waals surface area contributed by atoms with Crippen molar-refractivity contribution in [2.24, 2.45) is 0 Å². The summed E-state index contributed by atoms with van der Waals surface area (Å²) in [4.78, 5) is 27.9. The van der Waals surface area contributed by atoms with Gasteiger partial charge in [0.25, 0.3) is 0 Å². The maximum Gasteiger partial charge on any atom is 0.249 e. The summed E-state index contributed by atoms with van der Waals surface area (Å²) in [6, 6.07) is 11.9. The van der Waals surface area contributed by atoms with Gasteiger partial charge in [0.15, 0.2) is 11.5 Å². The summed E-state index contributed by atoms with van der Waals surface area (Å²) in [6.45, 7) is 1.79. The summed E-state index contributed by atoms with van der Waals surface area (Å²) in [6.07, 6.45) is -0.608. The summed E-state index contributed by atoms with van der Waals surface area (Å²) in [5.41, 5.74) is 1.79. The van der Waals surface area contributed by atoms with Crippen molar-refractivity contribution in [1.29, 1.82) is 0 Å². The largest absolute Gasteiger partial charge is 0.493 e. The van der Waals surface area contributed by atoms with Crippen LogP contribution in [0, 0.1) is 3.57 Å². The second kappa shape index (κ2) is 15.2. The molecule has 4 N–H and O–H groups in total. The van der Waals surface area contributed by atoms with Crippen molar-refractivity contribution in [3.63, 3.8) is 0 Å². The summed E-state index contributed by atoms with van der Waals surface area (Å²) in [5, 5.41) is 33.0. The van der Waals surface area contributed by atoms with Crippen LogP contribution in [-0.2, 0) is 27.5 Å². The molecule has 1 aliphatic rings. The molecular formula is C28H35IN2O8. The Balaban J connectivity index is 2.02. The van der Waals surface area contributed by atoms with Gasteiger partial charge in [-0.15, -0.1) is 0 Å². The molecule has 11 heteroatoms. The van der Waals surface area contributed by atoms with Crippen molar-refractivity contribution >= 4 is 34.4 Å². The third-order valence-corrected chi connectivity index (χ3v) is 7.09. The molecule has 3 rings (SSSR count). The normalized spacial score (nSPS) is 18.7. The fourth-order valence-corrected chi connectivity index (χ4v) is 5.13. The number of ether oxygens (including phenoxy) is 3. The van der Waals surface area contributed by atoms with Crippen LogP contribution < -0.4 is 14.8 Å². The van der Waals surface area contributed by atoms with Crippen LogP contribution in [0.4, 0.5) is 0 Å². The lowest BCUT2D eigenvalue weighted by Crippen LogP contribution is -2.55. The van der Waals surface area contributed by atoms with Crippen molar-refractivity contribution in [3.05, 3.63) is 68.8 Å². The van der Waals surface area contributed by atoms with Gasteiger partial charge >= 0.3 is 0 Å². The zero-order valence-electron chi connectivity index (χ0n) is 22.0. The number of hydrogen-bond donors (Lipinski definition) is 4. The fourth-order valence-electron chi connectivity index (χ4n) is 4.34. The van der Waals surface area contributed by atoms with Gasteiger partial charge in [0, 0.05) is 31.7 Å². The number of rotatable bonds is 13. The lowest BCUT2D eigenvalue weighted by Gasteiger charge is -2.40. The Morgan fingerprint density at radius 2 is 1.90 bits per heavy atom. The molecule has 0 aromatic heterocycles. The average molecular weight is 654 g/mol. The highest BCUT2D eigenvalue weighted by Gasteiger charge is 2.41. The fraction of sp³-hybridized carbons (Fsp3) is 0.429. The van der Waals surface area contributed by atoms with Crippen molar-refractivity contribution in [2.45, 2.75) is 44.7 Å². The van der Waals surface area contributed by atoms with Gasteiger partial charge in [-0.2, -0.15) is 0 Å². The van der Waals surface area contributed by atoms with Crippen molar-refractivity contribution in [1.82, 2.24) is 10.2 Å². The number of nitrogens with zero attached hydrogens (tertiary/aromatic N) is 1. The third kappa shape index (κ3) is 8.15. The molecule has 1 aliphatic carbocycles. The Morgan fingerprint density at radius 1 is 1.15 bits per heavy atom. The van der Waals surface area contributed by atoms with E-state index in [1.54, 1.807) is 19.1 Å². The second-order valence-corrected chi connectivity index (χ2v) is 10.1. The molecule has 2 aromatic carbocycles. The summed E-state index contributed by atoms with van der Waals surface area (Å²) >= 11 is 2.05. The number of methoxy groups -OCH3 is 1. The minimum atomic E-state index is -1.20. The molecule has 0 saturated heterocycles. The molecule has 39 heavy (non-hydrogen) atoms. The molecule has 0 heterocycles. The SMILES string of the molecule is CCOCC(=O)N(Cc1ccccc1)C1CC(C(=O)NCCO)=CC(Oc2c(I)cc(CO)cc2OC)C1O. The zero-order chi connectivity index (χ0) is 28.4. The number of halogens is 1. The van der Waals surface area contributed by atoms with E-state index in [2.05, 4.69) is 27.9 Å². The van der Waals surface area contributed by atoms with Gasteiger partial charge in [0.1, 0.15) is 18.8 Å². The van der Waals surface area contributed by atoms with Gasteiger partial charge in [-0.05, 0) is 58.9 Å². The lowest BCUT2D eigenvalue weighted by molar-refractivity contribution is -0.144. The van der Waals surface area contributed by atoms with E-state index in [1.807, 2.05) is 30.3 Å². The van der Waals surface area contributed by atoms with Gasteiger partial charge in [0.05, 0.1) is 29.9 Å². The Kier molecular flexibility index (Phi) is 12.0. The van der Waals surface area contributed by atoms with Crippen LogP contribution in [0.3, 0.4) is 0 Å². The minimum absolute atomic E-state index is 0.0558. The number of carbonyl (C=O) groups is 2. The molecule has 2 aromatic rings. The molecule has 0 radical (unpaired) electrons. The minimum Gasteiger partial charge on any atom is -0.493 e. The molecule has 3 atom stereocenters. The van der Waals surface area contributed by atoms with E-state index < -0.39 is 24.2 Å². The molecule has 0 fully saturated rings. The molecule has 0 spiro atoms. The summed E-state index contributed by atoms with van der Waals surface area (Å²) in [5.74, 6) is -0.0705. The van der Waals surface area contributed by atoms with E-state index in [9.17, 15) is 24.9 Å². The summed E-state index contributed by atoms with van der Waals surface area (Å²) < 4.78 is 17.8. The number of aliphatic hydroxyl groups excluding tert-OH is 3. The molecule has 10 nitrogen and oxygen atoms in total. The number of carbonyl (C=O) groups excluding carboxylic acids is 2. The predicted octanol–water partition coefficient (Wildman–Crippen LogP) is 1.77. The van der Waals surface area contributed by atoms with E-state index in [1.165, 1.54) is 18.1 Å². The van der Waals surface area contributed by atoms with E-state index in [-0.39, 0.29) is 45.2 Å². The molecule has 3 unspecified atom stereocenters. The van der Waals surface area contributed by atoms with Gasteiger partial charge < -0.3 is 39.7 Å². The first-order valence-corrected chi connectivity index (χ1v) is 13.7. The monoisotopic (exact) mass is 654 g/mol. The Labute approximate surface area is 241 Å². The second-order valence-electron chi connectivity index (χ2n) is 8.93. The molecule has 0 aliphatic heterocycles. The topological polar surface area (TPSA) is 138 Å². The molecule has 0 saturated carbocycles. The average Bonchev–Trinajstić information content (AvgIpc) is 2.95. The highest BCUT2D eigenvalue weighted by atomic mass is 127. The first-order chi connectivity index (χ1) is 18.8. The van der Waals surface area contributed by atoms with Crippen LogP contribution in [0.1, 0.15) is 24.5 Å². The number of nitrogens with one attached hydrogen (secondary N) is 1. The lowest BCUT2D eigenvalue weighted by atomic mass is 9.87. The van der Waals surface area contributed by atoms with E-state index >= 15 is 0 Å². The van der Waals surface area contributed by atoms with Crippen LogP contribution in [0.2, 0.25) is 0 Å². The van der Waals surface area contributed by atoms with Crippen LogP contribution in [-0.4, -0.2) is 83.8 Å². The van der Waals surface area contributed by atoms with E-state index in [0.29, 0.717) is 32.8 Å². The van der Waals surface area contributed by atoms with Crippen molar-refractivity contribution in [2.75, 3.05) is 33.5 Å². The number of hydrogen-bond acceptors (Lipinski definition) is 8. The third-order valence-electron chi connectivity index (χ3n) is 6.29. The van der Waals surface area contributed by atoms with Crippen LogP contribution in [0.15, 0.2) is 54.1 Å². The Bertz CT molecular complexity index is 1140. The quantitative estimate of drug-likeness (QED) is 0.240. The highest BCUT2D eigenvalue weighted by molar-refractivity contribution is 14.1. The standard InChI is InChI=1S/C28H35IN2O8/c1-3-38-17-25(34)31(15-18-7-5-4-6-8-18)22-13-20(28(36)30-9-10-32)14-23(26(22)35)39-27-21(29)11-19(16-33)12-24(27)37-2/h4-8,11-12,14,22-23,26,32-33,35H,3,9-10,13,15-17H2,1-2H3,(H,30,36). The zero-order valence-corrected chi connectivity index (χ0v) is 24.2. The maximum absolute atomic E-state index is 13.3. The van der Waals surface area contributed by atoms with E-state index in [0.717, 1.165) is 5.56 Å². The van der Waals surface area contributed by atoms with Crippen molar-refractivity contribution in [3.8, 4) is 11.5 Å². The highest BCUT2D eigenvalue weighted by Crippen LogP contribution is 2.37. The molecular weight excluding hydrogens is 619 g/mol. The maximum atomic E-state index is 13.3. The first kappa shape index (κ1) is 30.8. The molecule has 212 valence electrons. The van der Waals surface area contributed by atoms with Crippen LogP contribution in [0.25, 0.3) is 0 Å². The van der Waals surface area contributed by atoms with E-state index in [4.69, 9.17) is 14.2 Å².